The number of nitrogens with zero attached hydrogens (tertiary/aromatic N) is 1. The zero-order valence-corrected chi connectivity index (χ0v) is 18.0. The van der Waals surface area contributed by atoms with Crippen molar-refractivity contribution in [2.24, 2.45) is 0 Å². The third kappa shape index (κ3) is 4.34. The molecule has 158 valence electrons. The van der Waals surface area contributed by atoms with Crippen LogP contribution in [0.5, 0.6) is 11.5 Å². The third-order valence-electron chi connectivity index (χ3n) is 4.93. The second-order valence-electron chi connectivity index (χ2n) is 6.96. The van der Waals surface area contributed by atoms with E-state index >= 15 is 0 Å². The van der Waals surface area contributed by atoms with Crippen molar-refractivity contribution >= 4 is 32.5 Å². The fourth-order valence-corrected chi connectivity index (χ4v) is 4.35. The number of rotatable bonds is 6. The molecular weight excluding hydrogens is 422 g/mol. The lowest BCUT2D eigenvalue weighted by molar-refractivity contribution is 0.390. The van der Waals surface area contributed by atoms with Crippen molar-refractivity contribution in [2.75, 3.05) is 7.11 Å². The normalized spacial score (nSPS) is 11.7. The molecule has 0 spiro atoms. The average molecular weight is 442 g/mol. The van der Waals surface area contributed by atoms with Crippen LogP contribution in [0.3, 0.4) is 0 Å². The lowest BCUT2D eigenvalue weighted by Gasteiger charge is -2.12. The molecule has 0 bridgehead atoms. The minimum Gasteiger partial charge on any atom is -0.493 e. The van der Waals surface area contributed by atoms with Gasteiger partial charge in [-0.25, -0.2) is 0 Å². The molecule has 32 heavy (non-hydrogen) atoms. The number of fused-ring (bicyclic) bond motifs is 1. The predicted molar refractivity (Wildman–Crippen MR) is 125 cm³/mol. The Morgan fingerprint density at radius 1 is 0.875 bits per heavy atom. The number of nitriles is 1. The molecular formula is C26H19NO4S. The van der Waals surface area contributed by atoms with Crippen molar-refractivity contribution in [3.05, 3.63) is 102 Å². The average Bonchev–Trinajstić information content (AvgIpc) is 2.83. The Morgan fingerprint density at radius 2 is 1.59 bits per heavy atom. The van der Waals surface area contributed by atoms with Crippen molar-refractivity contribution < 1.29 is 17.3 Å². The van der Waals surface area contributed by atoms with Gasteiger partial charge in [0.2, 0.25) is 0 Å². The quantitative estimate of drug-likeness (QED) is 0.219. The van der Waals surface area contributed by atoms with Crippen LogP contribution in [-0.2, 0) is 10.1 Å². The van der Waals surface area contributed by atoms with E-state index in [4.69, 9.17) is 8.92 Å². The van der Waals surface area contributed by atoms with Crippen LogP contribution in [0.25, 0.3) is 22.4 Å². The first-order valence-corrected chi connectivity index (χ1v) is 11.2. The molecule has 0 aliphatic carbocycles. The third-order valence-corrected chi connectivity index (χ3v) is 6.18. The topological polar surface area (TPSA) is 76.4 Å². The van der Waals surface area contributed by atoms with E-state index in [9.17, 15) is 13.7 Å². The molecule has 4 rings (SSSR count). The van der Waals surface area contributed by atoms with Crippen LogP contribution in [0, 0.1) is 11.3 Å². The van der Waals surface area contributed by atoms with E-state index < -0.39 is 10.1 Å². The molecule has 0 aromatic heterocycles. The van der Waals surface area contributed by atoms with Crippen LogP contribution in [0.1, 0.15) is 11.1 Å². The van der Waals surface area contributed by atoms with E-state index in [-0.39, 0.29) is 16.4 Å². The van der Waals surface area contributed by atoms with Crippen molar-refractivity contribution in [1.29, 1.82) is 5.26 Å². The van der Waals surface area contributed by atoms with E-state index in [0.717, 1.165) is 16.3 Å². The van der Waals surface area contributed by atoms with E-state index in [2.05, 4.69) is 6.07 Å². The molecule has 4 aromatic rings. The molecule has 0 heterocycles. The summed E-state index contributed by atoms with van der Waals surface area (Å²) in [5.41, 5.74) is 1.97. The Balaban J connectivity index is 1.71. The Morgan fingerprint density at radius 3 is 2.34 bits per heavy atom. The van der Waals surface area contributed by atoms with Crippen molar-refractivity contribution in [1.82, 2.24) is 0 Å². The van der Waals surface area contributed by atoms with Gasteiger partial charge < -0.3 is 8.92 Å². The SMILES string of the molecule is COc1cc(/C=C(\C#N)c2cccc3ccccc23)ccc1OS(=O)(=O)c1ccccc1. The zero-order valence-electron chi connectivity index (χ0n) is 17.2. The maximum absolute atomic E-state index is 12.6. The largest absolute Gasteiger partial charge is 0.493 e. The molecule has 0 aliphatic rings. The first-order chi connectivity index (χ1) is 15.5. The first-order valence-electron chi connectivity index (χ1n) is 9.79. The van der Waals surface area contributed by atoms with Gasteiger partial charge in [-0.1, -0.05) is 66.7 Å². The lowest BCUT2D eigenvalue weighted by Crippen LogP contribution is -2.10. The highest BCUT2D eigenvalue weighted by atomic mass is 32.2. The van der Waals surface area contributed by atoms with Crippen LogP contribution in [0.4, 0.5) is 0 Å². The van der Waals surface area contributed by atoms with Crippen LogP contribution in [-0.4, -0.2) is 15.5 Å². The molecule has 0 amide bonds. The summed E-state index contributed by atoms with van der Waals surface area (Å²) in [5.74, 6) is 0.311. The van der Waals surface area contributed by atoms with E-state index in [1.54, 1.807) is 36.4 Å². The Kier molecular flexibility index (Phi) is 5.93. The van der Waals surface area contributed by atoms with E-state index in [1.165, 1.54) is 25.3 Å². The smallest absolute Gasteiger partial charge is 0.339 e. The van der Waals surface area contributed by atoms with Crippen molar-refractivity contribution in [3.63, 3.8) is 0 Å². The van der Waals surface area contributed by atoms with Gasteiger partial charge in [0, 0.05) is 5.56 Å². The number of benzene rings is 4. The second-order valence-corrected chi connectivity index (χ2v) is 8.50. The van der Waals surface area contributed by atoms with Gasteiger partial charge in [0.1, 0.15) is 4.90 Å². The summed E-state index contributed by atoms with van der Waals surface area (Å²) in [7, 11) is -2.57. The number of hydrogen-bond acceptors (Lipinski definition) is 5. The van der Waals surface area contributed by atoms with E-state index in [0.29, 0.717) is 11.1 Å². The van der Waals surface area contributed by atoms with Gasteiger partial charge in [-0.15, -0.1) is 0 Å². The summed E-state index contributed by atoms with van der Waals surface area (Å²) in [6.45, 7) is 0. The maximum atomic E-state index is 12.6. The number of allylic oxidation sites excluding steroid dienone is 1. The highest BCUT2D eigenvalue weighted by Gasteiger charge is 2.19. The molecule has 0 N–H and O–H groups in total. The predicted octanol–water partition coefficient (Wildman–Crippen LogP) is 5.68. The van der Waals surface area contributed by atoms with Crippen molar-refractivity contribution in [3.8, 4) is 17.6 Å². The van der Waals surface area contributed by atoms with Crippen LogP contribution < -0.4 is 8.92 Å². The van der Waals surface area contributed by atoms with Gasteiger partial charge in [-0.2, -0.15) is 13.7 Å². The fourth-order valence-electron chi connectivity index (χ4n) is 3.39. The highest BCUT2D eigenvalue weighted by molar-refractivity contribution is 7.87. The van der Waals surface area contributed by atoms with Crippen LogP contribution >= 0.6 is 0 Å². The monoisotopic (exact) mass is 441 g/mol. The minimum absolute atomic E-state index is 0.0498. The van der Waals surface area contributed by atoms with Crippen LogP contribution in [0.15, 0.2) is 95.9 Å². The molecule has 0 atom stereocenters. The fraction of sp³-hybridized carbons (Fsp3) is 0.0385. The summed E-state index contributed by atoms with van der Waals surface area (Å²) in [6.07, 6.45) is 1.74. The summed E-state index contributed by atoms with van der Waals surface area (Å²) in [6, 6.07) is 28.7. The van der Waals surface area contributed by atoms with Gasteiger partial charge in [0.25, 0.3) is 0 Å². The highest BCUT2D eigenvalue weighted by Crippen LogP contribution is 2.33. The molecule has 4 aromatic carbocycles. The molecule has 0 unspecified atom stereocenters. The van der Waals surface area contributed by atoms with Crippen LogP contribution in [0.2, 0.25) is 0 Å². The van der Waals surface area contributed by atoms with Gasteiger partial charge >= 0.3 is 10.1 Å². The number of ether oxygens (including phenoxy) is 1. The Hall–Kier alpha value is -4.08. The van der Waals surface area contributed by atoms with E-state index in [1.807, 2.05) is 42.5 Å². The molecule has 0 fully saturated rings. The number of methoxy groups -OCH3 is 1. The Bertz CT molecular complexity index is 1450. The summed E-state index contributed by atoms with van der Waals surface area (Å²) >= 11 is 0. The molecule has 6 heteroatoms. The summed E-state index contributed by atoms with van der Waals surface area (Å²) < 4.78 is 35.8. The minimum atomic E-state index is -4.00. The zero-order chi connectivity index (χ0) is 22.6. The molecule has 0 aliphatic heterocycles. The van der Waals surface area contributed by atoms with Gasteiger partial charge in [-0.05, 0) is 46.7 Å². The Labute approximate surface area is 186 Å². The van der Waals surface area contributed by atoms with Gasteiger partial charge in [-0.3, -0.25) is 0 Å². The van der Waals surface area contributed by atoms with Gasteiger partial charge in [0.05, 0.1) is 18.8 Å². The number of hydrogen-bond donors (Lipinski definition) is 0. The molecule has 5 nitrogen and oxygen atoms in total. The van der Waals surface area contributed by atoms with Crippen molar-refractivity contribution in [2.45, 2.75) is 4.90 Å². The lowest BCUT2D eigenvalue weighted by atomic mass is 9.97. The first kappa shape index (κ1) is 21.2. The second kappa shape index (κ2) is 8.96. The molecule has 0 saturated carbocycles. The van der Waals surface area contributed by atoms with Gasteiger partial charge in [0.15, 0.2) is 11.5 Å². The summed E-state index contributed by atoms with van der Waals surface area (Å²) in [5, 5.41) is 11.8. The summed E-state index contributed by atoms with van der Waals surface area (Å²) in [4.78, 5) is 0.0498. The maximum Gasteiger partial charge on any atom is 0.339 e. The molecule has 0 radical (unpaired) electrons. The molecule has 0 saturated heterocycles. The standard InChI is InChI=1S/C26H19NO4S/c1-30-26-17-19(14-15-25(26)31-32(28,29)22-10-3-2-4-11-22)16-21(18-27)24-13-7-9-20-8-5-6-12-23(20)24/h2-17H,1H3/b21-16+.